The summed E-state index contributed by atoms with van der Waals surface area (Å²) in [6.45, 7) is 2.12. The molecule has 0 saturated heterocycles. The number of aryl methyl sites for hydroxylation is 1. The minimum atomic E-state index is 0. The lowest BCUT2D eigenvalue weighted by atomic mass is 10.1. The van der Waals surface area contributed by atoms with Crippen LogP contribution in [0.4, 0.5) is 0 Å². The molecule has 3 rings (SSSR count). The summed E-state index contributed by atoms with van der Waals surface area (Å²) in [5, 5.41) is 16.5. The van der Waals surface area contributed by atoms with Gasteiger partial charge in [-0.3, -0.25) is 0 Å². The highest BCUT2D eigenvalue weighted by atomic mass is 16.4. The van der Waals surface area contributed by atoms with Crippen LogP contribution < -0.4 is 0 Å². The Kier molecular flexibility index (Phi) is 3.92. The summed E-state index contributed by atoms with van der Waals surface area (Å²) in [6.07, 6.45) is 0. The maximum atomic E-state index is 7.00. The monoisotopic (exact) mass is 238 g/mol. The lowest BCUT2D eigenvalue weighted by Crippen LogP contribution is -1.84. The van der Waals surface area contributed by atoms with E-state index in [0.717, 1.165) is 11.0 Å². The average Bonchev–Trinajstić information content (AvgIpc) is 2.38. The largest absolute Gasteiger partial charge is 0.482 e. The van der Waals surface area contributed by atoms with Crippen LogP contribution in [0.1, 0.15) is 5.56 Å². The minimum Gasteiger partial charge on any atom is -0.429 e. The Labute approximate surface area is 106 Å². The number of nitrogens with zero attached hydrogens (tertiary/aromatic N) is 1. The number of hydrogen-bond acceptors (Lipinski definition) is 3. The molecule has 0 aliphatic heterocycles. The van der Waals surface area contributed by atoms with E-state index >= 15 is 0 Å². The lowest BCUT2D eigenvalue weighted by molar-refractivity contribution is 0.448. The molecule has 0 aliphatic rings. The summed E-state index contributed by atoms with van der Waals surface area (Å²) in [5.74, 6) is 0. The highest BCUT2D eigenvalue weighted by Gasteiger charge is 2.00. The van der Waals surface area contributed by atoms with E-state index in [1.54, 1.807) is 0 Å². The Morgan fingerprint density at radius 3 is 2.39 bits per heavy atom. The molecule has 0 atom stereocenters. The SMILES string of the molecule is Cc1cccc2nc3ccccc3cc12.O[B]O. The molecular formula is C14H13BNO2. The number of fused-ring (bicyclic) bond motifs is 2. The quantitative estimate of drug-likeness (QED) is 0.466. The van der Waals surface area contributed by atoms with Gasteiger partial charge < -0.3 is 10.0 Å². The highest BCUT2D eigenvalue weighted by molar-refractivity contribution is 6.13. The number of rotatable bonds is 0. The molecule has 89 valence electrons. The first-order valence-corrected chi connectivity index (χ1v) is 5.61. The summed E-state index contributed by atoms with van der Waals surface area (Å²) in [7, 11) is 0. The van der Waals surface area contributed by atoms with Crippen molar-refractivity contribution in [3.63, 3.8) is 0 Å². The van der Waals surface area contributed by atoms with Crippen molar-refractivity contribution < 1.29 is 10.0 Å². The second-order valence-electron chi connectivity index (χ2n) is 3.94. The lowest BCUT2D eigenvalue weighted by Gasteiger charge is -2.03. The van der Waals surface area contributed by atoms with Gasteiger partial charge in [0.05, 0.1) is 11.0 Å². The summed E-state index contributed by atoms with van der Waals surface area (Å²) in [4.78, 5) is 4.64. The topological polar surface area (TPSA) is 53.4 Å². The smallest absolute Gasteiger partial charge is 0.429 e. The van der Waals surface area contributed by atoms with Gasteiger partial charge in [0.2, 0.25) is 0 Å². The van der Waals surface area contributed by atoms with Gasteiger partial charge in [-0.15, -0.1) is 0 Å². The van der Waals surface area contributed by atoms with Gasteiger partial charge in [0.25, 0.3) is 0 Å². The Morgan fingerprint density at radius 2 is 1.61 bits per heavy atom. The van der Waals surface area contributed by atoms with Crippen LogP contribution in [0.25, 0.3) is 21.8 Å². The van der Waals surface area contributed by atoms with Gasteiger partial charge in [0, 0.05) is 10.8 Å². The third-order valence-corrected chi connectivity index (χ3v) is 2.78. The number of pyridine rings is 1. The van der Waals surface area contributed by atoms with Crippen LogP contribution in [-0.2, 0) is 0 Å². The molecule has 4 heteroatoms. The van der Waals surface area contributed by atoms with Gasteiger partial charge in [-0.05, 0) is 30.7 Å². The zero-order valence-corrected chi connectivity index (χ0v) is 10.0. The zero-order chi connectivity index (χ0) is 13.0. The molecule has 3 aromatic rings. The summed E-state index contributed by atoms with van der Waals surface area (Å²) < 4.78 is 0. The van der Waals surface area contributed by atoms with Crippen LogP contribution in [0.3, 0.4) is 0 Å². The number of benzene rings is 2. The van der Waals surface area contributed by atoms with Gasteiger partial charge in [-0.25, -0.2) is 4.98 Å². The van der Waals surface area contributed by atoms with E-state index < -0.39 is 0 Å². The van der Waals surface area contributed by atoms with Crippen LogP contribution in [0.5, 0.6) is 0 Å². The van der Waals surface area contributed by atoms with E-state index in [9.17, 15) is 0 Å². The van der Waals surface area contributed by atoms with Crippen molar-refractivity contribution in [3.05, 3.63) is 54.1 Å². The number of hydrogen-bond donors (Lipinski definition) is 2. The molecule has 0 fully saturated rings. The second-order valence-corrected chi connectivity index (χ2v) is 3.94. The molecule has 2 N–H and O–H groups in total. The Morgan fingerprint density at radius 1 is 0.944 bits per heavy atom. The van der Waals surface area contributed by atoms with Gasteiger partial charge in [0.1, 0.15) is 0 Å². The van der Waals surface area contributed by atoms with E-state index in [0.29, 0.717) is 0 Å². The van der Waals surface area contributed by atoms with Crippen molar-refractivity contribution in [3.8, 4) is 0 Å². The average molecular weight is 238 g/mol. The van der Waals surface area contributed by atoms with Crippen molar-refractivity contribution >= 4 is 29.5 Å². The van der Waals surface area contributed by atoms with Gasteiger partial charge >= 0.3 is 7.69 Å². The molecule has 3 nitrogen and oxygen atoms in total. The van der Waals surface area contributed by atoms with Gasteiger partial charge in [-0.2, -0.15) is 0 Å². The Balaban J connectivity index is 0.000000367. The first kappa shape index (κ1) is 12.5. The van der Waals surface area contributed by atoms with Crippen molar-refractivity contribution in [2.75, 3.05) is 0 Å². The molecule has 0 spiro atoms. The highest BCUT2D eigenvalue weighted by Crippen LogP contribution is 2.21. The van der Waals surface area contributed by atoms with Crippen molar-refractivity contribution in [2.45, 2.75) is 6.92 Å². The van der Waals surface area contributed by atoms with Crippen LogP contribution in [0, 0.1) is 6.92 Å². The molecule has 1 heterocycles. The summed E-state index contributed by atoms with van der Waals surface area (Å²) >= 11 is 0. The maximum absolute atomic E-state index is 7.00. The van der Waals surface area contributed by atoms with E-state index in [-0.39, 0.29) is 7.69 Å². The first-order valence-electron chi connectivity index (χ1n) is 5.61. The molecule has 1 radical (unpaired) electrons. The van der Waals surface area contributed by atoms with Crippen molar-refractivity contribution in [1.82, 2.24) is 4.98 Å². The minimum absolute atomic E-state index is 0. The van der Waals surface area contributed by atoms with Crippen LogP contribution in [-0.4, -0.2) is 22.7 Å². The predicted molar refractivity (Wildman–Crippen MR) is 74.2 cm³/mol. The third-order valence-electron chi connectivity index (χ3n) is 2.78. The molecule has 0 saturated carbocycles. The summed E-state index contributed by atoms with van der Waals surface area (Å²) in [5.41, 5.74) is 3.43. The Hall–Kier alpha value is -1.91. The number of para-hydroxylation sites is 1. The fraction of sp³-hybridized carbons (Fsp3) is 0.0714. The van der Waals surface area contributed by atoms with Crippen LogP contribution >= 0.6 is 0 Å². The molecule has 2 aromatic carbocycles. The molecular weight excluding hydrogens is 225 g/mol. The van der Waals surface area contributed by atoms with Gasteiger partial charge in [-0.1, -0.05) is 30.3 Å². The van der Waals surface area contributed by atoms with E-state index in [2.05, 4.69) is 48.3 Å². The molecule has 1 aromatic heterocycles. The molecule has 0 bridgehead atoms. The van der Waals surface area contributed by atoms with Crippen LogP contribution in [0.15, 0.2) is 48.5 Å². The summed E-state index contributed by atoms with van der Waals surface area (Å²) in [6, 6.07) is 16.7. The predicted octanol–water partition coefficient (Wildman–Crippen LogP) is 2.20. The van der Waals surface area contributed by atoms with Gasteiger partial charge in [0.15, 0.2) is 0 Å². The van der Waals surface area contributed by atoms with Crippen molar-refractivity contribution in [1.29, 1.82) is 0 Å². The Bertz CT molecular complexity index is 670. The third kappa shape index (κ3) is 2.50. The van der Waals surface area contributed by atoms with E-state index in [1.807, 2.05) is 12.1 Å². The normalized spacial score (nSPS) is 9.94. The fourth-order valence-corrected chi connectivity index (χ4v) is 1.95. The second kappa shape index (κ2) is 5.62. The number of aromatic nitrogens is 1. The van der Waals surface area contributed by atoms with Crippen LogP contribution in [0.2, 0.25) is 0 Å². The fourth-order valence-electron chi connectivity index (χ4n) is 1.95. The molecule has 18 heavy (non-hydrogen) atoms. The zero-order valence-electron chi connectivity index (χ0n) is 10.0. The van der Waals surface area contributed by atoms with Crippen molar-refractivity contribution in [2.24, 2.45) is 0 Å². The molecule has 0 amide bonds. The maximum Gasteiger partial charge on any atom is 0.482 e. The first-order chi connectivity index (χ1) is 8.76. The van der Waals surface area contributed by atoms with E-state index in [4.69, 9.17) is 10.0 Å². The molecule has 0 unspecified atom stereocenters. The van der Waals surface area contributed by atoms with E-state index in [1.165, 1.54) is 16.3 Å². The standard InChI is InChI=1S/C14H11N.BH2O2/c1-10-5-4-8-14-12(10)9-11-6-2-3-7-13(11)15-14;2-1-3/h2-9H,1H3;2-3H. The molecule has 0 aliphatic carbocycles.